The molecule has 4 nitrogen and oxygen atoms in total. The van der Waals surface area contributed by atoms with Gasteiger partial charge in [0.05, 0.1) is 17.9 Å². The van der Waals surface area contributed by atoms with Crippen molar-refractivity contribution in [2.45, 2.75) is 32.4 Å². The fraction of sp³-hybridized carbons (Fsp3) is 0.286. The van der Waals surface area contributed by atoms with E-state index < -0.39 is 0 Å². The molecule has 1 atom stereocenters. The first kappa shape index (κ1) is 15.9. The summed E-state index contributed by atoms with van der Waals surface area (Å²) in [6.07, 6.45) is 4.30. The molecule has 4 rings (SSSR count). The lowest BCUT2D eigenvalue weighted by molar-refractivity contribution is 0.241. The molecule has 0 aliphatic carbocycles. The molecule has 0 radical (unpaired) electrons. The van der Waals surface area contributed by atoms with Crippen molar-refractivity contribution in [3.63, 3.8) is 0 Å². The summed E-state index contributed by atoms with van der Waals surface area (Å²) in [5.74, 6) is 1.07. The van der Waals surface area contributed by atoms with Crippen LogP contribution in [0.5, 0.6) is 0 Å². The summed E-state index contributed by atoms with van der Waals surface area (Å²) in [4.78, 5) is 10.7. The summed E-state index contributed by atoms with van der Waals surface area (Å²) < 4.78 is 0. The molecule has 1 unspecified atom stereocenters. The summed E-state index contributed by atoms with van der Waals surface area (Å²) in [6, 6.07) is 17.0. The Labute approximate surface area is 148 Å². The predicted molar refractivity (Wildman–Crippen MR) is 102 cm³/mol. The first-order valence-corrected chi connectivity index (χ1v) is 8.89. The highest BCUT2D eigenvalue weighted by Crippen LogP contribution is 2.33. The van der Waals surface area contributed by atoms with Crippen molar-refractivity contribution < 1.29 is 0 Å². The minimum Gasteiger partial charge on any atom is -0.399 e. The van der Waals surface area contributed by atoms with Crippen molar-refractivity contribution in [2.24, 2.45) is 0 Å². The van der Waals surface area contributed by atoms with Crippen LogP contribution in [0.15, 0.2) is 54.7 Å². The lowest BCUT2D eigenvalue weighted by Gasteiger charge is -2.23. The number of aryl methyl sites for hydroxylation is 1. The topological polar surface area (TPSA) is 57.9 Å². The zero-order chi connectivity index (χ0) is 17.2. The van der Waals surface area contributed by atoms with Crippen LogP contribution < -0.4 is 5.73 Å². The van der Waals surface area contributed by atoms with Crippen LogP contribution in [0.2, 0.25) is 0 Å². The summed E-state index contributed by atoms with van der Waals surface area (Å²) in [5.41, 5.74) is 11.6. The molecule has 0 bridgehead atoms. The van der Waals surface area contributed by atoms with Gasteiger partial charge in [0, 0.05) is 12.2 Å². The number of aromatic amines is 1. The number of hydrogen-bond donors (Lipinski definition) is 2. The number of nitrogen functional groups attached to an aromatic ring is 1. The molecule has 1 saturated heterocycles. The highest BCUT2D eigenvalue weighted by atomic mass is 15.2. The Morgan fingerprint density at radius 1 is 1.20 bits per heavy atom. The van der Waals surface area contributed by atoms with E-state index in [0.29, 0.717) is 6.04 Å². The van der Waals surface area contributed by atoms with Crippen LogP contribution in [-0.2, 0) is 6.54 Å². The molecule has 0 spiro atoms. The second kappa shape index (κ2) is 6.73. The molecule has 2 aromatic carbocycles. The van der Waals surface area contributed by atoms with E-state index in [1.54, 1.807) is 0 Å². The van der Waals surface area contributed by atoms with Crippen molar-refractivity contribution in [1.29, 1.82) is 0 Å². The van der Waals surface area contributed by atoms with Gasteiger partial charge in [0.15, 0.2) is 0 Å². The average molecular weight is 332 g/mol. The number of nitrogens with one attached hydrogen (secondary N) is 1. The number of benzene rings is 2. The van der Waals surface area contributed by atoms with Crippen LogP contribution in [0.25, 0.3) is 11.3 Å². The first-order valence-electron chi connectivity index (χ1n) is 8.89. The molecule has 3 aromatic rings. The summed E-state index contributed by atoms with van der Waals surface area (Å²) in [7, 11) is 0. The minimum absolute atomic E-state index is 0.347. The van der Waals surface area contributed by atoms with Gasteiger partial charge >= 0.3 is 0 Å². The average Bonchev–Trinajstić information content (AvgIpc) is 3.24. The molecule has 1 fully saturated rings. The zero-order valence-electron chi connectivity index (χ0n) is 14.6. The van der Waals surface area contributed by atoms with E-state index in [2.05, 4.69) is 53.2 Å². The van der Waals surface area contributed by atoms with E-state index in [0.717, 1.165) is 36.7 Å². The fourth-order valence-corrected chi connectivity index (χ4v) is 3.72. The predicted octanol–water partition coefficient (Wildman–Crippen LogP) is 4.30. The number of H-pyrrole nitrogens is 1. The van der Waals surface area contributed by atoms with Gasteiger partial charge in [-0.05, 0) is 55.6 Å². The quantitative estimate of drug-likeness (QED) is 0.700. The van der Waals surface area contributed by atoms with Crippen molar-refractivity contribution in [3.05, 3.63) is 71.7 Å². The number of aromatic nitrogens is 2. The minimum atomic E-state index is 0.347. The number of likely N-dealkylation sites (tertiary alicyclic amines) is 1. The van der Waals surface area contributed by atoms with Crippen molar-refractivity contribution in [3.8, 4) is 11.3 Å². The fourth-order valence-electron chi connectivity index (χ4n) is 3.72. The van der Waals surface area contributed by atoms with Gasteiger partial charge in [0.1, 0.15) is 5.82 Å². The van der Waals surface area contributed by atoms with Crippen molar-refractivity contribution >= 4 is 5.69 Å². The number of rotatable bonds is 4. The lowest BCUT2D eigenvalue weighted by atomic mass is 10.1. The first-order chi connectivity index (χ1) is 12.2. The molecule has 3 N–H and O–H groups in total. The SMILES string of the molecule is Cc1cccc(-c2cnc(C3CCCN3Cc3cccc(N)c3)[nH]2)c1. The molecular formula is C21H24N4. The van der Waals surface area contributed by atoms with Crippen molar-refractivity contribution in [1.82, 2.24) is 14.9 Å². The molecule has 0 amide bonds. The number of anilines is 1. The normalized spacial score (nSPS) is 17.9. The second-order valence-electron chi connectivity index (χ2n) is 6.93. The molecule has 4 heteroatoms. The van der Waals surface area contributed by atoms with Gasteiger partial charge in [0.2, 0.25) is 0 Å². The van der Waals surface area contributed by atoms with Crippen LogP contribution in [0.4, 0.5) is 5.69 Å². The Bertz CT molecular complexity index is 868. The van der Waals surface area contributed by atoms with Gasteiger partial charge in [0.25, 0.3) is 0 Å². The summed E-state index contributed by atoms with van der Waals surface area (Å²) in [6.45, 7) is 4.13. The van der Waals surface area contributed by atoms with Crippen LogP contribution in [0.3, 0.4) is 0 Å². The standard InChI is InChI=1S/C21H24N4/c1-15-5-2-7-17(11-15)19-13-23-21(24-19)20-9-4-10-25(20)14-16-6-3-8-18(22)12-16/h2-3,5-8,11-13,20H,4,9-10,14,22H2,1H3,(H,23,24). The Morgan fingerprint density at radius 3 is 2.92 bits per heavy atom. The smallest absolute Gasteiger partial charge is 0.123 e. The Kier molecular flexibility index (Phi) is 4.28. The number of nitrogens with two attached hydrogens (primary N) is 1. The molecule has 128 valence electrons. The Balaban J connectivity index is 1.54. The highest BCUT2D eigenvalue weighted by molar-refractivity contribution is 5.59. The molecule has 1 aliphatic heterocycles. The second-order valence-corrected chi connectivity index (χ2v) is 6.93. The van der Waals surface area contributed by atoms with E-state index in [-0.39, 0.29) is 0 Å². The van der Waals surface area contributed by atoms with E-state index in [9.17, 15) is 0 Å². The number of imidazole rings is 1. The van der Waals surface area contributed by atoms with Gasteiger partial charge < -0.3 is 10.7 Å². The third-order valence-corrected chi connectivity index (χ3v) is 4.94. The Hall–Kier alpha value is -2.59. The number of nitrogens with zero attached hydrogens (tertiary/aromatic N) is 2. The van der Waals surface area contributed by atoms with Crippen molar-refractivity contribution in [2.75, 3.05) is 12.3 Å². The van der Waals surface area contributed by atoms with Gasteiger partial charge in [-0.25, -0.2) is 4.98 Å². The van der Waals surface area contributed by atoms with Crippen LogP contribution in [-0.4, -0.2) is 21.4 Å². The third kappa shape index (κ3) is 3.44. The number of hydrogen-bond acceptors (Lipinski definition) is 3. The van der Waals surface area contributed by atoms with Gasteiger partial charge in [-0.2, -0.15) is 0 Å². The van der Waals surface area contributed by atoms with Crippen LogP contribution in [0, 0.1) is 6.92 Å². The monoisotopic (exact) mass is 332 g/mol. The maximum atomic E-state index is 5.92. The molecule has 0 saturated carbocycles. The Morgan fingerprint density at radius 2 is 2.08 bits per heavy atom. The lowest BCUT2D eigenvalue weighted by Crippen LogP contribution is -2.23. The molecule has 1 aliphatic rings. The van der Waals surface area contributed by atoms with E-state index >= 15 is 0 Å². The molecular weight excluding hydrogens is 308 g/mol. The van der Waals surface area contributed by atoms with Gasteiger partial charge in [-0.1, -0.05) is 35.9 Å². The van der Waals surface area contributed by atoms with Gasteiger partial charge in [-0.3, -0.25) is 4.90 Å². The van der Waals surface area contributed by atoms with E-state index in [1.165, 1.54) is 23.1 Å². The largest absolute Gasteiger partial charge is 0.399 e. The van der Waals surface area contributed by atoms with Gasteiger partial charge in [-0.15, -0.1) is 0 Å². The summed E-state index contributed by atoms with van der Waals surface area (Å²) >= 11 is 0. The zero-order valence-corrected chi connectivity index (χ0v) is 14.6. The maximum Gasteiger partial charge on any atom is 0.123 e. The van der Waals surface area contributed by atoms with E-state index in [1.807, 2.05) is 18.3 Å². The van der Waals surface area contributed by atoms with E-state index in [4.69, 9.17) is 10.7 Å². The third-order valence-electron chi connectivity index (χ3n) is 4.94. The highest BCUT2D eigenvalue weighted by Gasteiger charge is 2.28. The molecule has 1 aromatic heterocycles. The molecule has 2 heterocycles. The van der Waals surface area contributed by atoms with Crippen LogP contribution >= 0.6 is 0 Å². The maximum absolute atomic E-state index is 5.92. The summed E-state index contributed by atoms with van der Waals surface area (Å²) in [5, 5.41) is 0. The molecule has 25 heavy (non-hydrogen) atoms. The van der Waals surface area contributed by atoms with Crippen LogP contribution in [0.1, 0.15) is 35.8 Å².